The number of aliphatic hydroxyl groups is 1. The molecule has 22 heavy (non-hydrogen) atoms. The van der Waals surface area contributed by atoms with Gasteiger partial charge >= 0.3 is 5.97 Å². The zero-order valence-electron chi connectivity index (χ0n) is 13.0. The smallest absolute Gasteiger partial charge is 0.353 e. The van der Waals surface area contributed by atoms with Crippen molar-refractivity contribution in [1.29, 1.82) is 0 Å². The number of thioether (sulfide) groups is 1. The number of rotatable bonds is 4. The summed E-state index contributed by atoms with van der Waals surface area (Å²) in [5.74, 6) is -1.81. The molecule has 3 heterocycles. The molecule has 0 spiro atoms. The highest BCUT2D eigenvalue weighted by Gasteiger charge is 2.60. The molecule has 7 heteroatoms. The van der Waals surface area contributed by atoms with E-state index in [-0.39, 0.29) is 23.6 Å². The van der Waals surface area contributed by atoms with Crippen molar-refractivity contribution in [3.8, 4) is 0 Å². The van der Waals surface area contributed by atoms with Gasteiger partial charge in [0, 0.05) is 22.6 Å². The lowest BCUT2D eigenvalue weighted by Gasteiger charge is -2.46. The number of nitrogens with zero attached hydrogens (tertiary/aromatic N) is 2. The lowest BCUT2D eigenvalue weighted by atomic mass is 9.79. The number of hydrogen-bond donors (Lipinski definition) is 2. The van der Waals surface area contributed by atoms with Gasteiger partial charge in [0.1, 0.15) is 5.70 Å². The number of aliphatic carboxylic acids is 1. The third-order valence-electron chi connectivity index (χ3n) is 4.95. The summed E-state index contributed by atoms with van der Waals surface area (Å²) in [6, 6.07) is -0.208. The summed E-state index contributed by atoms with van der Waals surface area (Å²) >= 11 is 1.61. The van der Waals surface area contributed by atoms with Gasteiger partial charge in [0.05, 0.1) is 18.1 Å². The molecule has 0 aromatic rings. The molecule has 1 amide bonds. The Kier molecular flexibility index (Phi) is 3.99. The van der Waals surface area contributed by atoms with Crippen LogP contribution in [-0.4, -0.2) is 69.4 Å². The molecule has 0 aromatic heterocycles. The number of carboxylic acids is 1. The molecule has 2 saturated heterocycles. The van der Waals surface area contributed by atoms with Gasteiger partial charge in [-0.3, -0.25) is 4.79 Å². The predicted molar refractivity (Wildman–Crippen MR) is 83.1 cm³/mol. The van der Waals surface area contributed by atoms with Crippen LogP contribution in [0.2, 0.25) is 0 Å². The highest BCUT2D eigenvalue weighted by Crippen LogP contribution is 2.51. The Morgan fingerprint density at radius 1 is 1.45 bits per heavy atom. The molecule has 1 unspecified atom stereocenters. The highest BCUT2D eigenvalue weighted by atomic mass is 32.2. The zero-order chi connectivity index (χ0) is 16.2. The maximum Gasteiger partial charge on any atom is 0.353 e. The van der Waals surface area contributed by atoms with Gasteiger partial charge in [0.25, 0.3) is 0 Å². The van der Waals surface area contributed by atoms with E-state index in [1.807, 2.05) is 6.92 Å². The molecular formula is C15H22N2O4S. The molecule has 0 radical (unpaired) electrons. The van der Waals surface area contributed by atoms with Crippen molar-refractivity contribution in [2.24, 2.45) is 11.8 Å². The van der Waals surface area contributed by atoms with Gasteiger partial charge in [-0.25, -0.2) is 4.79 Å². The summed E-state index contributed by atoms with van der Waals surface area (Å²) in [6.07, 6.45) is 0.288. The topological polar surface area (TPSA) is 81.1 Å². The predicted octanol–water partition coefficient (Wildman–Crippen LogP) is 0.577. The summed E-state index contributed by atoms with van der Waals surface area (Å²) in [5, 5.41) is 19.7. The van der Waals surface area contributed by atoms with Crippen molar-refractivity contribution in [1.82, 2.24) is 9.80 Å². The molecule has 6 nitrogen and oxygen atoms in total. The Morgan fingerprint density at radius 3 is 2.64 bits per heavy atom. The van der Waals surface area contributed by atoms with Gasteiger partial charge in [0.2, 0.25) is 5.91 Å². The van der Waals surface area contributed by atoms with E-state index in [0.29, 0.717) is 5.25 Å². The van der Waals surface area contributed by atoms with E-state index in [9.17, 15) is 19.8 Å². The van der Waals surface area contributed by atoms with Crippen LogP contribution in [0.25, 0.3) is 0 Å². The summed E-state index contributed by atoms with van der Waals surface area (Å²) in [4.78, 5) is 28.3. The number of β-lactam (4-membered cyclic amide) rings is 1. The maximum absolute atomic E-state index is 12.2. The first-order valence-electron chi connectivity index (χ1n) is 7.66. The standard InChI is InChI=1S/C15H22N2O4S/c1-7-11-10(8(2)18)14(19)17(11)12(15(20)21)13(7)22-9-4-5-16(3)6-9/h7-11,18H,4-6H2,1-3H3,(H,20,21)/t7-,8-,9?,10-,11-/m1/s1. The van der Waals surface area contributed by atoms with E-state index in [1.165, 1.54) is 4.90 Å². The van der Waals surface area contributed by atoms with Crippen LogP contribution in [0, 0.1) is 11.8 Å². The van der Waals surface area contributed by atoms with E-state index in [1.54, 1.807) is 18.7 Å². The van der Waals surface area contributed by atoms with E-state index >= 15 is 0 Å². The van der Waals surface area contributed by atoms with Gasteiger partial charge in [0.15, 0.2) is 0 Å². The molecule has 0 saturated carbocycles. The van der Waals surface area contributed by atoms with Crippen molar-refractivity contribution < 1.29 is 19.8 Å². The molecule has 3 aliphatic rings. The van der Waals surface area contributed by atoms with Crippen LogP contribution < -0.4 is 0 Å². The molecular weight excluding hydrogens is 304 g/mol. The van der Waals surface area contributed by atoms with E-state index < -0.39 is 18.0 Å². The quantitative estimate of drug-likeness (QED) is 0.736. The minimum atomic E-state index is -1.04. The number of aliphatic hydroxyl groups excluding tert-OH is 1. The van der Waals surface area contributed by atoms with Crippen molar-refractivity contribution >= 4 is 23.6 Å². The van der Waals surface area contributed by atoms with E-state index in [4.69, 9.17) is 0 Å². The van der Waals surface area contributed by atoms with Gasteiger partial charge in [-0.15, -0.1) is 11.8 Å². The number of carboxylic acid groups (broad SMARTS) is 1. The molecule has 3 rings (SSSR count). The van der Waals surface area contributed by atoms with Crippen LogP contribution in [0.3, 0.4) is 0 Å². The number of likely N-dealkylation sites (tertiary alicyclic amines) is 1. The molecule has 2 N–H and O–H groups in total. The summed E-state index contributed by atoms with van der Waals surface area (Å²) in [7, 11) is 2.06. The largest absolute Gasteiger partial charge is 0.477 e. The van der Waals surface area contributed by atoms with Crippen LogP contribution in [0.4, 0.5) is 0 Å². The number of carbonyl (C=O) groups excluding carboxylic acids is 1. The van der Waals surface area contributed by atoms with Crippen molar-refractivity contribution in [3.05, 3.63) is 10.6 Å². The lowest BCUT2D eigenvalue weighted by molar-refractivity contribution is -0.163. The fourth-order valence-corrected chi connectivity index (χ4v) is 5.41. The number of carbonyl (C=O) groups is 2. The van der Waals surface area contributed by atoms with E-state index in [0.717, 1.165) is 24.4 Å². The molecule has 3 aliphatic heterocycles. The summed E-state index contributed by atoms with van der Waals surface area (Å²) in [5.41, 5.74) is 0.138. The Morgan fingerprint density at radius 2 is 2.14 bits per heavy atom. The first kappa shape index (κ1) is 15.8. The SMILES string of the molecule is C[C@@H](O)[C@H]1C(=O)N2C(C(=O)O)=C(SC3CCN(C)C3)[C@H](C)[C@H]12. The maximum atomic E-state index is 12.2. The first-order chi connectivity index (χ1) is 10.3. The zero-order valence-corrected chi connectivity index (χ0v) is 13.8. The normalized spacial score (nSPS) is 36.5. The number of amides is 1. The fourth-order valence-electron chi connectivity index (χ4n) is 3.85. The number of fused-ring (bicyclic) bond motifs is 1. The first-order valence-corrected chi connectivity index (χ1v) is 8.54. The molecule has 0 aliphatic carbocycles. The highest BCUT2D eigenvalue weighted by molar-refractivity contribution is 8.03. The summed E-state index contributed by atoms with van der Waals surface area (Å²) < 4.78 is 0. The third kappa shape index (κ3) is 2.26. The van der Waals surface area contributed by atoms with Crippen molar-refractivity contribution in [2.45, 2.75) is 37.7 Å². The lowest BCUT2D eigenvalue weighted by Crippen LogP contribution is -2.63. The second-order valence-corrected chi connectivity index (χ2v) is 7.90. The van der Waals surface area contributed by atoms with Crippen LogP contribution in [0.15, 0.2) is 10.6 Å². The van der Waals surface area contributed by atoms with Crippen molar-refractivity contribution in [3.63, 3.8) is 0 Å². The van der Waals surface area contributed by atoms with Crippen LogP contribution in [0.5, 0.6) is 0 Å². The Hall–Kier alpha value is -1.05. The van der Waals surface area contributed by atoms with E-state index in [2.05, 4.69) is 11.9 Å². The average molecular weight is 326 g/mol. The van der Waals surface area contributed by atoms with Gasteiger partial charge in [-0.05, 0) is 26.9 Å². The molecule has 5 atom stereocenters. The average Bonchev–Trinajstić information content (AvgIpc) is 2.92. The van der Waals surface area contributed by atoms with Gasteiger partial charge in [-0.2, -0.15) is 0 Å². The minimum absolute atomic E-state index is 0.0284. The third-order valence-corrected chi connectivity index (χ3v) is 6.49. The molecule has 0 aromatic carbocycles. The molecule has 122 valence electrons. The Labute approximate surface area is 134 Å². The monoisotopic (exact) mass is 326 g/mol. The number of hydrogen-bond acceptors (Lipinski definition) is 5. The molecule has 2 fully saturated rings. The van der Waals surface area contributed by atoms with Crippen LogP contribution >= 0.6 is 11.8 Å². The molecule has 0 bridgehead atoms. The minimum Gasteiger partial charge on any atom is -0.477 e. The fraction of sp³-hybridized carbons (Fsp3) is 0.733. The second-order valence-electron chi connectivity index (χ2n) is 6.56. The Bertz CT molecular complexity index is 548. The van der Waals surface area contributed by atoms with Gasteiger partial charge in [-0.1, -0.05) is 6.92 Å². The Balaban J connectivity index is 1.87. The van der Waals surface area contributed by atoms with Crippen LogP contribution in [-0.2, 0) is 9.59 Å². The summed E-state index contributed by atoms with van der Waals surface area (Å²) in [6.45, 7) is 5.52. The second kappa shape index (κ2) is 5.54. The van der Waals surface area contributed by atoms with Crippen molar-refractivity contribution in [2.75, 3.05) is 20.1 Å². The van der Waals surface area contributed by atoms with Gasteiger partial charge < -0.3 is 20.0 Å². The van der Waals surface area contributed by atoms with Crippen LogP contribution in [0.1, 0.15) is 20.3 Å².